The van der Waals surface area contributed by atoms with Gasteiger partial charge < -0.3 is 19.2 Å². The molecule has 0 atom stereocenters. The summed E-state index contributed by atoms with van der Waals surface area (Å²) >= 11 is 0. The Labute approximate surface area is 112 Å². The molecule has 1 heterocycles. The molecule has 0 aliphatic rings. The van der Waals surface area contributed by atoms with Gasteiger partial charge in [-0.15, -0.1) is 0 Å². The minimum absolute atomic E-state index is 0.549. The molecule has 0 fully saturated rings. The van der Waals surface area contributed by atoms with Crippen LogP contribution in [0, 0.1) is 0 Å². The van der Waals surface area contributed by atoms with Gasteiger partial charge in [0.05, 0.1) is 25.5 Å². The standard InChI is InChI=1S/C14H18N2O3/c1-4-15-8-10-9-19-14(16-10)12-6-5-11(17-2)7-13(12)18-3/h5-7,9,15H,4,8H2,1-3H3. The lowest BCUT2D eigenvalue weighted by atomic mass is 10.2. The number of oxazole rings is 1. The van der Waals surface area contributed by atoms with E-state index >= 15 is 0 Å². The molecule has 0 amide bonds. The van der Waals surface area contributed by atoms with Crippen molar-refractivity contribution in [3.05, 3.63) is 30.2 Å². The molecule has 5 heteroatoms. The zero-order valence-electron chi connectivity index (χ0n) is 11.4. The SMILES string of the molecule is CCNCc1coc(-c2ccc(OC)cc2OC)n1. The highest BCUT2D eigenvalue weighted by atomic mass is 16.5. The van der Waals surface area contributed by atoms with Crippen molar-refractivity contribution in [1.82, 2.24) is 10.3 Å². The molecule has 1 N–H and O–H groups in total. The van der Waals surface area contributed by atoms with E-state index in [0.717, 1.165) is 23.6 Å². The summed E-state index contributed by atoms with van der Waals surface area (Å²) in [5.74, 6) is 1.96. The van der Waals surface area contributed by atoms with E-state index < -0.39 is 0 Å². The van der Waals surface area contributed by atoms with Gasteiger partial charge in [-0.1, -0.05) is 6.92 Å². The minimum atomic E-state index is 0.549. The number of nitrogens with zero attached hydrogens (tertiary/aromatic N) is 1. The Morgan fingerprint density at radius 3 is 2.79 bits per heavy atom. The highest BCUT2D eigenvalue weighted by molar-refractivity contribution is 5.64. The summed E-state index contributed by atoms with van der Waals surface area (Å²) in [6.45, 7) is 3.64. The molecule has 1 aromatic heterocycles. The number of hydrogen-bond acceptors (Lipinski definition) is 5. The number of methoxy groups -OCH3 is 2. The fourth-order valence-corrected chi connectivity index (χ4v) is 1.74. The molecule has 2 aromatic rings. The summed E-state index contributed by atoms with van der Waals surface area (Å²) in [5.41, 5.74) is 1.68. The van der Waals surface area contributed by atoms with Crippen molar-refractivity contribution in [3.8, 4) is 23.0 Å². The second-order valence-corrected chi connectivity index (χ2v) is 3.99. The maximum Gasteiger partial charge on any atom is 0.229 e. The Morgan fingerprint density at radius 2 is 2.11 bits per heavy atom. The van der Waals surface area contributed by atoms with E-state index in [1.807, 2.05) is 25.1 Å². The zero-order valence-corrected chi connectivity index (χ0v) is 11.4. The summed E-state index contributed by atoms with van der Waals surface area (Å²) in [5, 5.41) is 3.20. The lowest BCUT2D eigenvalue weighted by Gasteiger charge is -2.07. The van der Waals surface area contributed by atoms with Crippen LogP contribution in [-0.4, -0.2) is 25.7 Å². The predicted molar refractivity (Wildman–Crippen MR) is 72.4 cm³/mol. The lowest BCUT2D eigenvalue weighted by molar-refractivity contribution is 0.394. The number of nitrogens with one attached hydrogen (secondary N) is 1. The van der Waals surface area contributed by atoms with Crippen LogP contribution in [0.5, 0.6) is 11.5 Å². The average molecular weight is 262 g/mol. The van der Waals surface area contributed by atoms with Crippen LogP contribution in [0.25, 0.3) is 11.5 Å². The van der Waals surface area contributed by atoms with Crippen LogP contribution in [0.4, 0.5) is 0 Å². The molecule has 0 aliphatic carbocycles. The van der Waals surface area contributed by atoms with E-state index in [2.05, 4.69) is 10.3 Å². The summed E-state index contributed by atoms with van der Waals surface area (Å²) in [6.07, 6.45) is 1.65. The molecule has 0 spiro atoms. The second kappa shape index (κ2) is 6.24. The third-order valence-corrected chi connectivity index (χ3v) is 2.75. The Kier molecular flexibility index (Phi) is 4.41. The summed E-state index contributed by atoms with van der Waals surface area (Å²) in [7, 11) is 3.23. The van der Waals surface area contributed by atoms with Gasteiger partial charge in [0.25, 0.3) is 0 Å². The van der Waals surface area contributed by atoms with Crippen LogP contribution >= 0.6 is 0 Å². The van der Waals surface area contributed by atoms with E-state index in [1.54, 1.807) is 20.5 Å². The molecular weight excluding hydrogens is 244 g/mol. The number of ether oxygens (including phenoxy) is 2. The lowest BCUT2D eigenvalue weighted by Crippen LogP contribution is -2.11. The zero-order chi connectivity index (χ0) is 13.7. The van der Waals surface area contributed by atoms with Crippen molar-refractivity contribution < 1.29 is 13.9 Å². The molecule has 0 saturated carbocycles. The van der Waals surface area contributed by atoms with Crippen molar-refractivity contribution in [1.29, 1.82) is 0 Å². The first kappa shape index (κ1) is 13.4. The first-order chi connectivity index (χ1) is 9.28. The van der Waals surface area contributed by atoms with Crippen molar-refractivity contribution in [2.45, 2.75) is 13.5 Å². The first-order valence-electron chi connectivity index (χ1n) is 6.16. The molecule has 2 rings (SSSR count). The summed E-state index contributed by atoms with van der Waals surface area (Å²) in [6, 6.07) is 5.54. The van der Waals surface area contributed by atoms with E-state index in [-0.39, 0.29) is 0 Å². The molecule has 1 aromatic carbocycles. The van der Waals surface area contributed by atoms with Crippen LogP contribution in [0.3, 0.4) is 0 Å². The van der Waals surface area contributed by atoms with Gasteiger partial charge >= 0.3 is 0 Å². The minimum Gasteiger partial charge on any atom is -0.497 e. The third kappa shape index (κ3) is 3.06. The third-order valence-electron chi connectivity index (χ3n) is 2.75. The number of hydrogen-bond donors (Lipinski definition) is 1. The van der Waals surface area contributed by atoms with Gasteiger partial charge in [-0.3, -0.25) is 0 Å². The molecule has 0 bridgehead atoms. The monoisotopic (exact) mass is 262 g/mol. The Hall–Kier alpha value is -2.01. The van der Waals surface area contributed by atoms with Gasteiger partial charge in [0.1, 0.15) is 17.8 Å². The number of benzene rings is 1. The highest BCUT2D eigenvalue weighted by Gasteiger charge is 2.13. The molecule has 19 heavy (non-hydrogen) atoms. The van der Waals surface area contributed by atoms with Crippen molar-refractivity contribution in [2.75, 3.05) is 20.8 Å². The van der Waals surface area contributed by atoms with Crippen molar-refractivity contribution in [2.24, 2.45) is 0 Å². The number of rotatable bonds is 6. The molecule has 102 valence electrons. The second-order valence-electron chi connectivity index (χ2n) is 3.99. The predicted octanol–water partition coefficient (Wildman–Crippen LogP) is 2.47. The van der Waals surface area contributed by atoms with E-state index in [9.17, 15) is 0 Å². The van der Waals surface area contributed by atoms with Crippen molar-refractivity contribution >= 4 is 0 Å². The fourth-order valence-electron chi connectivity index (χ4n) is 1.74. The van der Waals surface area contributed by atoms with Gasteiger partial charge in [0, 0.05) is 12.6 Å². The van der Waals surface area contributed by atoms with Crippen LogP contribution in [-0.2, 0) is 6.54 Å². The normalized spacial score (nSPS) is 10.5. The Balaban J connectivity index is 2.27. The molecule has 0 aliphatic heterocycles. The van der Waals surface area contributed by atoms with Gasteiger partial charge in [0.2, 0.25) is 5.89 Å². The topological polar surface area (TPSA) is 56.5 Å². The maximum absolute atomic E-state index is 5.49. The maximum atomic E-state index is 5.49. The van der Waals surface area contributed by atoms with E-state index in [4.69, 9.17) is 13.9 Å². The van der Waals surface area contributed by atoms with Gasteiger partial charge in [-0.25, -0.2) is 4.98 Å². The van der Waals surface area contributed by atoms with Crippen LogP contribution in [0.15, 0.2) is 28.9 Å². The fraction of sp³-hybridized carbons (Fsp3) is 0.357. The quantitative estimate of drug-likeness (QED) is 0.866. The van der Waals surface area contributed by atoms with E-state index in [0.29, 0.717) is 18.2 Å². The number of aromatic nitrogens is 1. The van der Waals surface area contributed by atoms with Crippen LogP contribution < -0.4 is 14.8 Å². The molecule has 0 saturated heterocycles. The summed E-state index contributed by atoms with van der Waals surface area (Å²) in [4.78, 5) is 4.43. The highest BCUT2D eigenvalue weighted by Crippen LogP contribution is 2.32. The van der Waals surface area contributed by atoms with Crippen molar-refractivity contribution in [3.63, 3.8) is 0 Å². The largest absolute Gasteiger partial charge is 0.497 e. The average Bonchev–Trinajstić information content (AvgIpc) is 2.92. The molecule has 0 unspecified atom stereocenters. The Morgan fingerprint density at radius 1 is 1.26 bits per heavy atom. The van der Waals surface area contributed by atoms with Crippen LogP contribution in [0.2, 0.25) is 0 Å². The molecule has 0 radical (unpaired) electrons. The van der Waals surface area contributed by atoms with Gasteiger partial charge in [-0.05, 0) is 18.7 Å². The molecule has 5 nitrogen and oxygen atoms in total. The smallest absolute Gasteiger partial charge is 0.229 e. The van der Waals surface area contributed by atoms with Gasteiger partial charge in [-0.2, -0.15) is 0 Å². The van der Waals surface area contributed by atoms with Gasteiger partial charge in [0.15, 0.2) is 0 Å². The molecular formula is C14H18N2O3. The first-order valence-corrected chi connectivity index (χ1v) is 6.16. The summed E-state index contributed by atoms with van der Waals surface area (Å²) < 4.78 is 16.0. The van der Waals surface area contributed by atoms with Crippen LogP contribution in [0.1, 0.15) is 12.6 Å². The Bertz CT molecular complexity index is 537. The van der Waals surface area contributed by atoms with E-state index in [1.165, 1.54) is 0 Å².